The number of hydrogen-bond acceptors (Lipinski definition) is 6. The van der Waals surface area contributed by atoms with Gasteiger partial charge in [0.1, 0.15) is 6.04 Å². The van der Waals surface area contributed by atoms with Crippen LogP contribution in [0.25, 0.3) is 11.1 Å². The Balaban J connectivity index is 1.78. The monoisotopic (exact) mass is 515 g/mol. The quantitative estimate of drug-likeness (QED) is 0.311. The number of carboxylic acid groups (broad SMARTS) is 1. The van der Waals surface area contributed by atoms with Gasteiger partial charge in [-0.15, -0.1) is 0 Å². The number of carbonyl (C=O) groups excluding carboxylic acids is 1. The van der Waals surface area contributed by atoms with E-state index in [1.165, 1.54) is 11.8 Å². The number of pyridine rings is 1. The summed E-state index contributed by atoms with van der Waals surface area (Å²) in [4.78, 5) is 29.4. The Morgan fingerprint density at radius 3 is 2.59 bits per heavy atom. The molecule has 0 aliphatic heterocycles. The first-order valence-corrected chi connectivity index (χ1v) is 14.3. The van der Waals surface area contributed by atoms with Gasteiger partial charge in [-0.1, -0.05) is 36.4 Å². The molecule has 1 aromatic heterocycles. The third-order valence-electron chi connectivity index (χ3n) is 4.83. The molecule has 1 heterocycles. The van der Waals surface area contributed by atoms with Crippen molar-refractivity contribution in [1.29, 1.82) is 0 Å². The molecular formula is C24H25N3O4S3. The lowest BCUT2D eigenvalue weighted by Crippen LogP contribution is -2.41. The molecular weight excluding hydrogens is 490 g/mol. The summed E-state index contributed by atoms with van der Waals surface area (Å²) >= 11 is 1.53. The predicted octanol–water partition coefficient (Wildman–Crippen LogP) is 4.15. The number of benzene rings is 2. The zero-order valence-corrected chi connectivity index (χ0v) is 20.9. The Kier molecular flexibility index (Phi) is 10.1. The van der Waals surface area contributed by atoms with Crippen molar-refractivity contribution in [1.82, 2.24) is 15.0 Å². The molecule has 3 rings (SSSR count). The second kappa shape index (κ2) is 13.3. The molecule has 0 aliphatic carbocycles. The number of rotatable bonds is 12. The maximum atomic E-state index is 13.0. The van der Waals surface area contributed by atoms with Gasteiger partial charge < -0.3 is 10.4 Å². The van der Waals surface area contributed by atoms with E-state index in [0.29, 0.717) is 29.8 Å². The molecule has 0 saturated heterocycles. The zero-order chi connectivity index (χ0) is 24.3. The number of aromatic nitrogens is 1. The van der Waals surface area contributed by atoms with Crippen molar-refractivity contribution in [3.05, 3.63) is 84.2 Å². The summed E-state index contributed by atoms with van der Waals surface area (Å²) in [7, 11) is -0.209. The van der Waals surface area contributed by atoms with Gasteiger partial charge in [-0.3, -0.25) is 9.78 Å². The van der Waals surface area contributed by atoms with Gasteiger partial charge in [-0.05, 0) is 70.2 Å². The highest BCUT2D eigenvalue weighted by molar-refractivity contribution is 8.68. The van der Waals surface area contributed by atoms with E-state index in [-0.39, 0.29) is 0 Å². The Bertz CT molecular complexity index is 1130. The van der Waals surface area contributed by atoms with Crippen LogP contribution < -0.4 is 10.0 Å². The standard InChI is InChI=1S/C24H25N3O4S3/c1-32-13-11-22(24(29)30)27-23(28)20-10-9-17(14-21(20)18-6-3-2-4-7-18)15-26-34(31)33-19-8-5-12-25-16-19/h2-10,12,14,16,22,26H,11,13,15H2,1H3,(H,27,28)(H,29,30). The molecule has 2 unspecified atom stereocenters. The van der Waals surface area contributed by atoms with Crippen LogP contribution in [-0.4, -0.2) is 44.2 Å². The Hall–Kier alpha value is -2.66. The highest BCUT2D eigenvalue weighted by Crippen LogP contribution is 2.26. The summed E-state index contributed by atoms with van der Waals surface area (Å²) in [6.07, 6.45) is 5.54. The Labute approximate surface area is 209 Å². The molecule has 3 aromatic rings. The molecule has 7 nitrogen and oxygen atoms in total. The summed E-state index contributed by atoms with van der Waals surface area (Å²) in [6, 6.07) is 17.4. The van der Waals surface area contributed by atoms with Crippen molar-refractivity contribution < 1.29 is 18.9 Å². The first kappa shape index (κ1) is 26.0. The molecule has 2 aromatic carbocycles. The van der Waals surface area contributed by atoms with E-state index in [1.807, 2.05) is 48.7 Å². The van der Waals surface area contributed by atoms with Crippen molar-refractivity contribution in [2.24, 2.45) is 0 Å². The maximum absolute atomic E-state index is 13.0. The lowest BCUT2D eigenvalue weighted by molar-refractivity contribution is -0.139. The topological polar surface area (TPSA) is 108 Å². The lowest BCUT2D eigenvalue weighted by atomic mass is 9.96. The average molecular weight is 516 g/mol. The number of nitrogens with one attached hydrogen (secondary N) is 2. The number of thioether (sulfide) groups is 1. The summed E-state index contributed by atoms with van der Waals surface area (Å²) < 4.78 is 15.4. The number of nitrogens with zero attached hydrogens (tertiary/aromatic N) is 1. The molecule has 0 fully saturated rings. The van der Waals surface area contributed by atoms with E-state index in [2.05, 4.69) is 15.0 Å². The smallest absolute Gasteiger partial charge is 0.326 e. The molecule has 0 spiro atoms. The van der Waals surface area contributed by atoms with Gasteiger partial charge in [0.05, 0.1) is 0 Å². The fourth-order valence-corrected chi connectivity index (χ4v) is 5.54. The van der Waals surface area contributed by atoms with Crippen molar-refractivity contribution in [3.63, 3.8) is 0 Å². The maximum Gasteiger partial charge on any atom is 0.326 e. The molecule has 178 valence electrons. The van der Waals surface area contributed by atoms with Crippen LogP contribution in [0.1, 0.15) is 22.3 Å². The van der Waals surface area contributed by atoms with E-state index < -0.39 is 27.9 Å². The summed E-state index contributed by atoms with van der Waals surface area (Å²) in [5.74, 6) is -0.873. The van der Waals surface area contributed by atoms with Crippen LogP contribution in [0.15, 0.2) is 78.0 Å². The lowest BCUT2D eigenvalue weighted by Gasteiger charge is -2.17. The molecule has 0 saturated carbocycles. The van der Waals surface area contributed by atoms with Crippen LogP contribution >= 0.6 is 22.6 Å². The molecule has 0 bridgehead atoms. The summed E-state index contributed by atoms with van der Waals surface area (Å²) in [5, 5.41) is 12.1. The minimum atomic E-state index is -1.37. The number of hydrogen-bond donors (Lipinski definition) is 3. The largest absolute Gasteiger partial charge is 0.480 e. The molecule has 0 radical (unpaired) electrons. The van der Waals surface area contributed by atoms with E-state index in [9.17, 15) is 18.9 Å². The molecule has 2 atom stereocenters. The van der Waals surface area contributed by atoms with E-state index >= 15 is 0 Å². The van der Waals surface area contributed by atoms with Gasteiger partial charge in [0.15, 0.2) is 10.0 Å². The molecule has 1 amide bonds. The minimum Gasteiger partial charge on any atom is -0.480 e. The van der Waals surface area contributed by atoms with Crippen molar-refractivity contribution in [2.75, 3.05) is 12.0 Å². The van der Waals surface area contributed by atoms with Crippen molar-refractivity contribution in [2.45, 2.75) is 23.9 Å². The number of aliphatic carboxylic acids is 1. The first-order chi connectivity index (χ1) is 16.5. The van der Waals surface area contributed by atoms with Crippen LogP contribution in [-0.2, 0) is 21.4 Å². The van der Waals surface area contributed by atoms with Crippen LogP contribution in [0.2, 0.25) is 0 Å². The molecule has 0 aliphatic rings. The molecule has 10 heteroatoms. The van der Waals surface area contributed by atoms with Gasteiger partial charge in [0, 0.05) is 29.4 Å². The minimum absolute atomic E-state index is 0.326. The number of carbonyl (C=O) groups is 2. The third-order valence-corrected chi connectivity index (χ3v) is 7.82. The predicted molar refractivity (Wildman–Crippen MR) is 139 cm³/mol. The SMILES string of the molecule is CSCCC(NC(=O)c1ccc(CNS(=O)Sc2cccnc2)cc1-c1ccccc1)C(=O)O. The highest BCUT2D eigenvalue weighted by Gasteiger charge is 2.22. The Morgan fingerprint density at radius 1 is 1.12 bits per heavy atom. The van der Waals surface area contributed by atoms with Crippen molar-refractivity contribution >= 4 is 44.4 Å². The fraction of sp³-hybridized carbons (Fsp3) is 0.208. The normalized spacial score (nSPS) is 12.6. The summed E-state index contributed by atoms with van der Waals surface area (Å²) in [6.45, 7) is 0.326. The second-order valence-corrected chi connectivity index (χ2v) is 11.0. The van der Waals surface area contributed by atoms with Gasteiger partial charge in [0.2, 0.25) is 0 Å². The first-order valence-electron chi connectivity index (χ1n) is 10.4. The van der Waals surface area contributed by atoms with Gasteiger partial charge in [-0.2, -0.15) is 11.8 Å². The van der Waals surface area contributed by atoms with E-state index in [1.54, 1.807) is 30.6 Å². The van der Waals surface area contributed by atoms with Crippen LogP contribution in [0, 0.1) is 0 Å². The van der Waals surface area contributed by atoms with Crippen molar-refractivity contribution in [3.8, 4) is 11.1 Å². The molecule has 3 N–H and O–H groups in total. The summed E-state index contributed by atoms with van der Waals surface area (Å²) in [5.41, 5.74) is 2.73. The van der Waals surface area contributed by atoms with Crippen LogP contribution in [0.4, 0.5) is 0 Å². The van der Waals surface area contributed by atoms with Crippen LogP contribution in [0.5, 0.6) is 0 Å². The van der Waals surface area contributed by atoms with E-state index in [4.69, 9.17) is 0 Å². The highest BCUT2D eigenvalue weighted by atomic mass is 33.1. The van der Waals surface area contributed by atoms with Gasteiger partial charge >= 0.3 is 5.97 Å². The van der Waals surface area contributed by atoms with Crippen LogP contribution in [0.3, 0.4) is 0 Å². The second-order valence-electron chi connectivity index (χ2n) is 7.22. The van der Waals surface area contributed by atoms with E-state index in [0.717, 1.165) is 26.8 Å². The third kappa shape index (κ3) is 7.69. The van der Waals surface area contributed by atoms with Gasteiger partial charge in [0.25, 0.3) is 5.91 Å². The van der Waals surface area contributed by atoms with Gasteiger partial charge in [-0.25, -0.2) is 13.7 Å². The number of amides is 1. The average Bonchev–Trinajstić information content (AvgIpc) is 2.86. The number of carboxylic acids is 1. The Morgan fingerprint density at radius 2 is 1.91 bits per heavy atom. The molecule has 34 heavy (non-hydrogen) atoms. The fourth-order valence-electron chi connectivity index (χ4n) is 3.14. The zero-order valence-electron chi connectivity index (χ0n) is 18.5.